The van der Waals surface area contributed by atoms with Crippen LogP contribution in [0.25, 0.3) is 0 Å². The van der Waals surface area contributed by atoms with Gasteiger partial charge in [0, 0.05) is 19.6 Å². The average molecular weight is 367 g/mol. The minimum Gasteiger partial charge on any atom is -0.370 e. The van der Waals surface area contributed by atoms with Crippen molar-refractivity contribution in [2.24, 2.45) is 10.7 Å². The van der Waals surface area contributed by atoms with Crippen LogP contribution in [-0.2, 0) is 0 Å². The molecule has 4 heteroatoms. The number of unbranched alkanes of at least 4 members (excludes halogenated alkanes) is 6. The number of rotatable bonds is 9. The highest BCUT2D eigenvalue weighted by Gasteiger charge is 2.27. The van der Waals surface area contributed by atoms with Gasteiger partial charge in [0.15, 0.2) is 5.96 Å². The van der Waals surface area contributed by atoms with E-state index < -0.39 is 0 Å². The van der Waals surface area contributed by atoms with Crippen LogP contribution in [-0.4, -0.2) is 30.5 Å². The molecule has 2 N–H and O–H groups in total. The molecule has 0 bridgehead atoms. The van der Waals surface area contributed by atoms with Gasteiger partial charge in [-0.2, -0.15) is 0 Å². The quantitative estimate of drug-likeness (QED) is 0.292. The second-order valence-electron chi connectivity index (χ2n) is 5.20. The molecule has 0 aromatic rings. The van der Waals surface area contributed by atoms with Crippen LogP contribution in [0.3, 0.4) is 0 Å². The molecule has 0 radical (unpaired) electrons. The lowest BCUT2D eigenvalue weighted by molar-refractivity contribution is 0.486. The van der Waals surface area contributed by atoms with E-state index in [9.17, 15) is 0 Å². The normalized spacial score (nSPS) is 15.3. The van der Waals surface area contributed by atoms with Gasteiger partial charge in [0.2, 0.25) is 0 Å². The molecule has 0 amide bonds. The Morgan fingerprint density at radius 3 is 2.22 bits per heavy atom. The monoisotopic (exact) mass is 367 g/mol. The average Bonchev–Trinajstić information content (AvgIpc) is 3.15. The number of nitrogens with two attached hydrogens (primary N) is 1. The molecule has 0 unspecified atom stereocenters. The maximum atomic E-state index is 5.91. The highest BCUT2D eigenvalue weighted by atomic mass is 127. The van der Waals surface area contributed by atoms with Crippen molar-refractivity contribution >= 4 is 29.9 Å². The highest BCUT2D eigenvalue weighted by molar-refractivity contribution is 14.0. The van der Waals surface area contributed by atoms with Crippen molar-refractivity contribution in [3.63, 3.8) is 0 Å². The molecule has 1 rings (SSSR count). The van der Waals surface area contributed by atoms with Gasteiger partial charge >= 0.3 is 0 Å². The van der Waals surface area contributed by atoms with Crippen molar-refractivity contribution < 1.29 is 0 Å². The van der Waals surface area contributed by atoms with E-state index in [2.05, 4.69) is 23.9 Å². The summed E-state index contributed by atoms with van der Waals surface area (Å²) in [6.45, 7) is 3.16. The fourth-order valence-electron chi connectivity index (χ4n) is 2.02. The van der Waals surface area contributed by atoms with E-state index in [1.807, 2.05) is 0 Å². The van der Waals surface area contributed by atoms with Crippen LogP contribution in [0.1, 0.15) is 64.7 Å². The third kappa shape index (κ3) is 8.16. The number of hydrogen-bond donors (Lipinski definition) is 1. The first-order valence-corrected chi connectivity index (χ1v) is 7.28. The second kappa shape index (κ2) is 10.9. The van der Waals surface area contributed by atoms with Gasteiger partial charge in [-0.1, -0.05) is 45.4 Å². The minimum absolute atomic E-state index is 0. The molecular formula is C14H30IN3. The topological polar surface area (TPSA) is 41.6 Å². The molecule has 1 saturated carbocycles. The van der Waals surface area contributed by atoms with E-state index in [1.165, 1.54) is 57.8 Å². The fourth-order valence-corrected chi connectivity index (χ4v) is 2.02. The molecule has 1 aliphatic rings. The standard InChI is InChI=1S/C14H29N3.HI/c1-3-4-5-6-7-8-9-12-16-14(15)17(2)13-10-11-13;/h13H,3-12H2,1-2H3,(H2,15,16);1H. The van der Waals surface area contributed by atoms with E-state index in [4.69, 9.17) is 5.73 Å². The molecule has 0 atom stereocenters. The molecule has 0 aliphatic heterocycles. The zero-order valence-corrected chi connectivity index (χ0v) is 14.4. The molecular weight excluding hydrogens is 337 g/mol. The highest BCUT2D eigenvalue weighted by Crippen LogP contribution is 2.24. The molecule has 1 aliphatic carbocycles. The first-order chi connectivity index (χ1) is 8.25. The number of guanidine groups is 1. The van der Waals surface area contributed by atoms with Crippen LogP contribution in [0, 0.1) is 0 Å². The molecule has 0 aromatic carbocycles. The Balaban J connectivity index is 0.00000289. The first kappa shape index (κ1) is 18.0. The molecule has 18 heavy (non-hydrogen) atoms. The lowest BCUT2D eigenvalue weighted by atomic mass is 10.1. The second-order valence-corrected chi connectivity index (χ2v) is 5.20. The van der Waals surface area contributed by atoms with Gasteiger partial charge in [0.05, 0.1) is 0 Å². The van der Waals surface area contributed by atoms with Gasteiger partial charge in [-0.3, -0.25) is 4.99 Å². The fraction of sp³-hybridized carbons (Fsp3) is 0.929. The Labute approximate surface area is 130 Å². The van der Waals surface area contributed by atoms with Gasteiger partial charge < -0.3 is 10.6 Å². The van der Waals surface area contributed by atoms with Gasteiger partial charge in [-0.25, -0.2) is 0 Å². The third-order valence-corrected chi connectivity index (χ3v) is 3.49. The van der Waals surface area contributed by atoms with Crippen LogP contribution in [0.15, 0.2) is 4.99 Å². The summed E-state index contributed by atoms with van der Waals surface area (Å²) in [6, 6.07) is 0.674. The maximum absolute atomic E-state index is 5.91. The van der Waals surface area contributed by atoms with Crippen LogP contribution in [0.5, 0.6) is 0 Å². The van der Waals surface area contributed by atoms with E-state index >= 15 is 0 Å². The summed E-state index contributed by atoms with van der Waals surface area (Å²) >= 11 is 0. The summed E-state index contributed by atoms with van der Waals surface area (Å²) in [5, 5.41) is 0. The number of hydrogen-bond acceptors (Lipinski definition) is 1. The summed E-state index contributed by atoms with van der Waals surface area (Å²) in [4.78, 5) is 6.57. The van der Waals surface area contributed by atoms with Crippen molar-refractivity contribution in [3.8, 4) is 0 Å². The van der Waals surface area contributed by atoms with Crippen molar-refractivity contribution in [2.45, 2.75) is 70.8 Å². The van der Waals surface area contributed by atoms with Crippen LogP contribution in [0.4, 0.5) is 0 Å². The largest absolute Gasteiger partial charge is 0.370 e. The molecule has 0 spiro atoms. The zero-order chi connectivity index (χ0) is 12.5. The Morgan fingerprint density at radius 2 is 1.67 bits per heavy atom. The molecule has 1 fully saturated rings. The molecule has 0 heterocycles. The van der Waals surface area contributed by atoms with E-state index in [1.54, 1.807) is 0 Å². The van der Waals surface area contributed by atoms with Gasteiger partial charge in [0.25, 0.3) is 0 Å². The van der Waals surface area contributed by atoms with E-state index in [-0.39, 0.29) is 24.0 Å². The van der Waals surface area contributed by atoms with E-state index in [0.717, 1.165) is 12.5 Å². The Hall–Kier alpha value is 0. The number of aliphatic imine (C=N–C) groups is 1. The lowest BCUT2D eigenvalue weighted by Crippen LogP contribution is -2.35. The first-order valence-electron chi connectivity index (χ1n) is 7.28. The summed E-state index contributed by atoms with van der Waals surface area (Å²) < 4.78 is 0. The van der Waals surface area contributed by atoms with Crippen molar-refractivity contribution in [1.29, 1.82) is 0 Å². The molecule has 0 saturated heterocycles. The van der Waals surface area contributed by atoms with Gasteiger partial charge in [0.1, 0.15) is 0 Å². The number of nitrogens with zero attached hydrogens (tertiary/aromatic N) is 2. The Bertz CT molecular complexity index is 227. The van der Waals surface area contributed by atoms with Crippen LogP contribution >= 0.6 is 24.0 Å². The maximum Gasteiger partial charge on any atom is 0.191 e. The summed E-state index contributed by atoms with van der Waals surface area (Å²) in [5.74, 6) is 0.735. The predicted octanol–water partition coefficient (Wildman–Crippen LogP) is 3.76. The summed E-state index contributed by atoms with van der Waals surface area (Å²) in [7, 11) is 2.06. The molecule has 0 aromatic heterocycles. The van der Waals surface area contributed by atoms with Gasteiger partial charge in [-0.15, -0.1) is 24.0 Å². The van der Waals surface area contributed by atoms with Crippen LogP contribution in [0.2, 0.25) is 0 Å². The summed E-state index contributed by atoms with van der Waals surface area (Å²) in [5.41, 5.74) is 5.91. The molecule has 108 valence electrons. The lowest BCUT2D eigenvalue weighted by Gasteiger charge is -2.16. The molecule has 3 nitrogen and oxygen atoms in total. The van der Waals surface area contributed by atoms with Gasteiger partial charge in [-0.05, 0) is 19.3 Å². The predicted molar refractivity (Wildman–Crippen MR) is 90.7 cm³/mol. The van der Waals surface area contributed by atoms with Crippen LogP contribution < -0.4 is 5.73 Å². The summed E-state index contributed by atoms with van der Waals surface area (Å²) in [6.07, 6.45) is 11.9. The van der Waals surface area contributed by atoms with E-state index in [0.29, 0.717) is 6.04 Å². The minimum atomic E-state index is 0. The third-order valence-electron chi connectivity index (χ3n) is 3.49. The SMILES string of the molecule is CCCCCCCCCN=C(N)N(C)C1CC1.I. The zero-order valence-electron chi connectivity index (χ0n) is 12.0. The van der Waals surface area contributed by atoms with Crippen molar-refractivity contribution in [3.05, 3.63) is 0 Å². The Morgan fingerprint density at radius 1 is 1.11 bits per heavy atom. The van der Waals surface area contributed by atoms with Crippen molar-refractivity contribution in [1.82, 2.24) is 4.90 Å². The number of halogens is 1. The van der Waals surface area contributed by atoms with Crippen molar-refractivity contribution in [2.75, 3.05) is 13.6 Å². The smallest absolute Gasteiger partial charge is 0.191 e. The Kier molecular flexibility index (Phi) is 10.9.